The van der Waals surface area contributed by atoms with E-state index in [9.17, 15) is 0 Å². The van der Waals surface area contributed by atoms with Crippen molar-refractivity contribution in [2.75, 3.05) is 9.80 Å². The molecule has 0 aliphatic rings. The first kappa shape index (κ1) is 76.5. The van der Waals surface area contributed by atoms with Crippen molar-refractivity contribution in [3.8, 4) is 89.3 Å². The van der Waals surface area contributed by atoms with Gasteiger partial charge < -0.3 is 18.9 Å². The average molecular weight is 1650 g/mol. The summed E-state index contributed by atoms with van der Waals surface area (Å²) in [5.41, 5.74) is 30.7. The topological polar surface area (TPSA) is 16.3 Å². The van der Waals surface area contributed by atoms with Gasteiger partial charge in [0, 0.05) is 88.5 Å². The van der Waals surface area contributed by atoms with Crippen LogP contribution in [0.4, 0.5) is 34.1 Å². The van der Waals surface area contributed by atoms with Crippen molar-refractivity contribution >= 4 is 142 Å². The zero-order chi connectivity index (χ0) is 86.0. The van der Waals surface area contributed by atoms with Crippen LogP contribution in [0.15, 0.2) is 510 Å². The molecule has 23 aromatic carbocycles. The van der Waals surface area contributed by atoms with Crippen LogP contribution >= 0.6 is 0 Å². The molecule has 0 bridgehead atoms. The maximum atomic E-state index is 2.48. The fraction of sp³-hybridized carbons (Fsp3) is 0. The van der Waals surface area contributed by atoms with Crippen molar-refractivity contribution in [2.45, 2.75) is 0 Å². The van der Waals surface area contributed by atoms with Gasteiger partial charge in [0.25, 0.3) is 0 Å². The second-order valence-electron chi connectivity index (χ2n) is 33.7. The molecule has 0 radical (unpaired) electrons. The van der Waals surface area contributed by atoms with Crippen LogP contribution in [-0.4, -0.2) is 9.13 Å². The standard InChI is InChI=1S/C66H44N2.C60H40N2/c1-4-16-45(17-5-1)47-28-30-48(31-29-47)50-32-38-53(39-33-50)67(52-20-8-3-9-21-52)54-42-36-51(37-43-54)61-44-62-57-23-11-13-25-59(57)66-65(64(62)58-24-12-10-22-56(58)61)60-26-14-15-27-63(60)68(66)55-40-34-49(35-41-55)46-18-6-2-7-19-46;1-4-18-41(19-5-1)42-32-36-46(37-33-42)61(56-30-16-14-24-48(56)43-20-6-2-7-21-43)47-38-34-44(35-39-47)54-40-55-50-26-11-13-28-52(50)60-59(58(55)51-27-12-10-25-49(51)54)53-29-15-17-31-57(53)62(60)45-22-8-3-9-23-45/h1-44H;1-40H. The summed E-state index contributed by atoms with van der Waals surface area (Å²) in [6, 6.07) is 185. The molecule has 0 unspecified atom stereocenters. The van der Waals surface area contributed by atoms with Gasteiger partial charge in [0.2, 0.25) is 0 Å². The Morgan fingerprint density at radius 2 is 0.392 bits per heavy atom. The molecule has 0 aliphatic carbocycles. The highest BCUT2D eigenvalue weighted by Crippen LogP contribution is 2.52. The number of aromatic nitrogens is 2. The van der Waals surface area contributed by atoms with E-state index in [1.165, 1.54) is 186 Å². The number of para-hydroxylation sites is 5. The van der Waals surface area contributed by atoms with Crippen LogP contribution in [0.25, 0.3) is 198 Å². The molecule has 0 amide bonds. The predicted molar refractivity (Wildman–Crippen MR) is 554 cm³/mol. The lowest BCUT2D eigenvalue weighted by atomic mass is 9.88. The summed E-state index contributed by atoms with van der Waals surface area (Å²) in [5, 5.41) is 20.2. The minimum absolute atomic E-state index is 1.09. The van der Waals surface area contributed by atoms with Crippen molar-refractivity contribution < 1.29 is 0 Å². The van der Waals surface area contributed by atoms with Gasteiger partial charge in [0.15, 0.2) is 0 Å². The minimum atomic E-state index is 1.09. The summed E-state index contributed by atoms with van der Waals surface area (Å²) < 4.78 is 4.95. The first-order valence-corrected chi connectivity index (χ1v) is 44.8. The summed E-state index contributed by atoms with van der Waals surface area (Å²) in [7, 11) is 0. The van der Waals surface area contributed by atoms with Crippen LogP contribution in [0.3, 0.4) is 0 Å². The van der Waals surface area contributed by atoms with Crippen LogP contribution in [0.1, 0.15) is 0 Å². The molecular formula is C126H84N4. The Bertz CT molecular complexity index is 8550. The van der Waals surface area contributed by atoms with E-state index >= 15 is 0 Å². The van der Waals surface area contributed by atoms with Crippen molar-refractivity contribution in [2.24, 2.45) is 0 Å². The molecule has 0 aliphatic heterocycles. The second kappa shape index (κ2) is 32.7. The first-order chi connectivity index (χ1) is 64.5. The molecule has 0 saturated carbocycles. The predicted octanol–water partition coefficient (Wildman–Crippen LogP) is 35.1. The maximum Gasteiger partial charge on any atom is 0.0626 e. The van der Waals surface area contributed by atoms with E-state index < -0.39 is 0 Å². The fourth-order valence-electron chi connectivity index (χ4n) is 20.4. The number of benzene rings is 23. The van der Waals surface area contributed by atoms with Crippen molar-refractivity contribution in [3.05, 3.63) is 510 Å². The zero-order valence-corrected chi connectivity index (χ0v) is 71.3. The van der Waals surface area contributed by atoms with E-state index in [1.54, 1.807) is 0 Å². The third-order valence-electron chi connectivity index (χ3n) is 26.3. The Kier molecular flexibility index (Phi) is 19.3. The Balaban J connectivity index is 0.000000145. The Hall–Kier alpha value is -17.2. The molecule has 0 N–H and O–H groups in total. The monoisotopic (exact) mass is 1650 g/mol. The average Bonchev–Trinajstić information content (AvgIpc) is 1.58. The summed E-state index contributed by atoms with van der Waals surface area (Å²) >= 11 is 0. The smallest absolute Gasteiger partial charge is 0.0626 e. The number of hydrogen-bond acceptors (Lipinski definition) is 2. The van der Waals surface area contributed by atoms with E-state index in [1.807, 2.05) is 0 Å². The number of rotatable bonds is 15. The van der Waals surface area contributed by atoms with Gasteiger partial charge in [-0.25, -0.2) is 0 Å². The Morgan fingerprint density at radius 3 is 0.792 bits per heavy atom. The van der Waals surface area contributed by atoms with Crippen molar-refractivity contribution in [3.63, 3.8) is 0 Å². The van der Waals surface area contributed by atoms with Crippen LogP contribution in [0, 0.1) is 0 Å². The first-order valence-electron chi connectivity index (χ1n) is 44.8. The van der Waals surface area contributed by atoms with E-state index in [4.69, 9.17) is 0 Å². The molecule has 0 spiro atoms. The van der Waals surface area contributed by atoms with E-state index in [-0.39, 0.29) is 0 Å². The van der Waals surface area contributed by atoms with E-state index in [2.05, 4.69) is 529 Å². The third-order valence-corrected chi connectivity index (χ3v) is 26.3. The molecule has 2 aromatic heterocycles. The van der Waals surface area contributed by atoms with E-state index in [0.717, 1.165) is 45.5 Å². The van der Waals surface area contributed by atoms with Crippen LogP contribution in [0.2, 0.25) is 0 Å². The summed E-state index contributed by atoms with van der Waals surface area (Å²) in [5.74, 6) is 0. The molecule has 0 fully saturated rings. The fourth-order valence-corrected chi connectivity index (χ4v) is 20.4. The highest BCUT2D eigenvalue weighted by molar-refractivity contribution is 6.40. The quantitative estimate of drug-likeness (QED) is 0.0951. The number of nitrogens with zero attached hydrogens (tertiary/aromatic N) is 4. The summed E-state index contributed by atoms with van der Waals surface area (Å²) in [6.45, 7) is 0. The van der Waals surface area contributed by atoms with Gasteiger partial charge in [0.05, 0.1) is 27.8 Å². The van der Waals surface area contributed by atoms with Gasteiger partial charge in [-0.15, -0.1) is 0 Å². The SMILES string of the molecule is c1ccc(-c2ccc(-c3ccc(N(c4ccccc4)c4ccc(-c5cc6c7ccccc7c7c(c8ccccc8n7-c7ccc(-c8ccccc8)cc7)c6c6ccccc56)cc4)cc3)cc2)cc1.c1ccc(-c2ccc(N(c3ccc(-c4cc5c6ccccc6c6c(c7ccccc7n6-c6ccccc6)c5c5ccccc45)cc3)c3ccccc3-c3ccccc3)cc2)cc1. The van der Waals surface area contributed by atoms with Crippen molar-refractivity contribution in [1.82, 2.24) is 9.13 Å². The minimum Gasteiger partial charge on any atom is -0.311 e. The highest BCUT2D eigenvalue weighted by atomic mass is 15.1. The molecule has 2 heterocycles. The lowest BCUT2D eigenvalue weighted by Crippen LogP contribution is -2.11. The zero-order valence-electron chi connectivity index (χ0n) is 71.3. The molecule has 0 saturated heterocycles. The van der Waals surface area contributed by atoms with Gasteiger partial charge in [-0.3, -0.25) is 0 Å². The molecule has 608 valence electrons. The normalized spacial score (nSPS) is 11.5. The van der Waals surface area contributed by atoms with Crippen LogP contribution in [-0.2, 0) is 0 Å². The maximum absolute atomic E-state index is 2.48. The van der Waals surface area contributed by atoms with Gasteiger partial charge >= 0.3 is 0 Å². The van der Waals surface area contributed by atoms with Crippen LogP contribution in [0.5, 0.6) is 0 Å². The molecule has 4 nitrogen and oxygen atoms in total. The van der Waals surface area contributed by atoms with E-state index in [0.29, 0.717) is 0 Å². The van der Waals surface area contributed by atoms with Crippen LogP contribution < -0.4 is 9.80 Å². The van der Waals surface area contributed by atoms with Crippen molar-refractivity contribution in [1.29, 1.82) is 0 Å². The lowest BCUT2D eigenvalue weighted by molar-refractivity contribution is 1.19. The molecule has 25 aromatic rings. The number of anilines is 6. The Labute approximate surface area is 754 Å². The second-order valence-corrected chi connectivity index (χ2v) is 33.7. The molecular weight excluding hydrogens is 1570 g/mol. The van der Waals surface area contributed by atoms with Gasteiger partial charge in [0.1, 0.15) is 0 Å². The number of hydrogen-bond donors (Lipinski definition) is 0. The van der Waals surface area contributed by atoms with Gasteiger partial charge in [-0.05, 0) is 231 Å². The van der Waals surface area contributed by atoms with Gasteiger partial charge in [-0.1, -0.05) is 394 Å². The lowest BCUT2D eigenvalue weighted by Gasteiger charge is -2.28. The molecule has 4 heteroatoms. The Morgan fingerprint density at radius 1 is 0.138 bits per heavy atom. The third kappa shape index (κ3) is 13.4. The highest BCUT2D eigenvalue weighted by Gasteiger charge is 2.27. The summed E-state index contributed by atoms with van der Waals surface area (Å²) in [4.78, 5) is 4.74. The number of fused-ring (bicyclic) bond motifs is 20. The molecule has 0 atom stereocenters. The summed E-state index contributed by atoms with van der Waals surface area (Å²) in [6.07, 6.45) is 0. The largest absolute Gasteiger partial charge is 0.311 e. The molecule has 130 heavy (non-hydrogen) atoms. The molecule has 25 rings (SSSR count). The van der Waals surface area contributed by atoms with Gasteiger partial charge in [-0.2, -0.15) is 0 Å².